The van der Waals surface area contributed by atoms with E-state index < -0.39 is 48.4 Å². The Balaban J connectivity index is 1.86. The average Bonchev–Trinajstić information content (AvgIpc) is 3.07. The first-order chi connectivity index (χ1) is 24.7. The van der Waals surface area contributed by atoms with Gasteiger partial charge in [0.15, 0.2) is 0 Å². The Morgan fingerprint density at radius 3 is 0.389 bits per heavy atom. The van der Waals surface area contributed by atoms with Gasteiger partial charge in [0.2, 0.25) is 0 Å². The van der Waals surface area contributed by atoms with Crippen molar-refractivity contribution < 1.29 is 0 Å². The summed E-state index contributed by atoms with van der Waals surface area (Å²) < 4.78 is 0. The summed E-state index contributed by atoms with van der Waals surface area (Å²) in [6.45, 7) is 44.1. The van der Waals surface area contributed by atoms with Crippen molar-refractivity contribution in [3.63, 3.8) is 0 Å². The predicted octanol–water partition coefficient (Wildman–Crippen LogP) is 10.5. The Morgan fingerprint density at radius 2 is 0.296 bits per heavy atom. The third kappa shape index (κ3) is 10.4. The minimum atomic E-state index is -1.80. The zero-order valence-electron chi connectivity index (χ0n) is 37.4. The zero-order valence-corrected chi connectivity index (χ0v) is 43.4. The molecule has 4 heterocycles. The lowest BCUT2D eigenvalue weighted by atomic mass is 10.2. The van der Waals surface area contributed by atoms with Crippen LogP contribution in [0.25, 0.3) is 0 Å². The van der Waals surface area contributed by atoms with Gasteiger partial charge in [-0.1, -0.05) is 250 Å². The first-order valence-electron chi connectivity index (χ1n) is 20.2. The highest BCUT2D eigenvalue weighted by Crippen LogP contribution is 2.22. The van der Waals surface area contributed by atoms with Crippen molar-refractivity contribution in [3.8, 4) is 0 Å². The second-order valence-corrected chi connectivity index (χ2v) is 45.9. The van der Waals surface area contributed by atoms with Gasteiger partial charge in [-0.2, -0.15) is 0 Å². The molecule has 6 bridgehead atoms. The van der Waals surface area contributed by atoms with Crippen molar-refractivity contribution in [1.29, 1.82) is 0 Å². The average molecular weight is 818 g/mol. The second kappa shape index (κ2) is 16.1. The van der Waals surface area contributed by atoms with E-state index in [2.05, 4.69) is 227 Å². The van der Waals surface area contributed by atoms with E-state index in [0.717, 1.165) is 0 Å². The molecule has 0 spiro atoms. The lowest BCUT2D eigenvalue weighted by Crippen LogP contribution is -2.45. The molecule has 0 radical (unpaired) electrons. The number of benzene rings is 3. The number of allylic oxidation sites excluding steroid dienone is 6. The van der Waals surface area contributed by atoms with E-state index in [1.807, 2.05) is 0 Å². The predicted molar refractivity (Wildman–Crippen MR) is 265 cm³/mol. The Hall–Kier alpha value is -2.60. The lowest BCUT2D eigenvalue weighted by Gasteiger charge is -2.26. The monoisotopic (exact) mass is 816 g/mol. The van der Waals surface area contributed by atoms with Gasteiger partial charge in [0, 0.05) is 0 Å². The highest BCUT2D eigenvalue weighted by Gasteiger charge is 2.29. The molecule has 0 N–H and O–H groups in total. The normalized spacial score (nSPS) is 24.1. The van der Waals surface area contributed by atoms with Crippen molar-refractivity contribution in [2.75, 3.05) is 0 Å². The molecular weight excluding hydrogens is 745 g/mol. The summed E-state index contributed by atoms with van der Waals surface area (Å²) in [5, 5.41) is 9.07. The number of fused-ring (bicyclic) bond motifs is 3. The molecule has 3 aromatic carbocycles. The largest absolute Gasteiger partial charge is 0.104 e. The van der Waals surface area contributed by atoms with Gasteiger partial charge in [-0.15, -0.1) is 0 Å². The number of hydrogen-bond donors (Lipinski definition) is 0. The van der Waals surface area contributed by atoms with Gasteiger partial charge in [-0.05, 0) is 41.5 Å². The smallest absolute Gasteiger partial charge is 0.0871 e. The molecule has 288 valence electrons. The van der Waals surface area contributed by atoms with Crippen LogP contribution in [0.2, 0.25) is 78.6 Å². The van der Waals surface area contributed by atoms with Gasteiger partial charge in [0.1, 0.15) is 48.4 Å². The third-order valence-electron chi connectivity index (χ3n) is 12.4. The van der Waals surface area contributed by atoms with Crippen molar-refractivity contribution >= 4 is 79.6 Å². The van der Waals surface area contributed by atoms with Crippen molar-refractivity contribution in [3.05, 3.63) is 140 Å². The summed E-state index contributed by atoms with van der Waals surface area (Å²) in [5.41, 5.74) is 24.4. The van der Waals surface area contributed by atoms with Crippen LogP contribution in [0, 0.1) is 0 Å². The fourth-order valence-corrected chi connectivity index (χ4v) is 23.4. The maximum absolute atomic E-state index is 2.63. The highest BCUT2D eigenvalue weighted by atomic mass is 28.3. The quantitative estimate of drug-likeness (QED) is 0.198. The summed E-state index contributed by atoms with van der Waals surface area (Å²) in [6.07, 6.45) is 0. The molecule has 7 rings (SSSR count). The molecule has 0 saturated heterocycles. The second-order valence-electron chi connectivity index (χ2n) is 20.0. The highest BCUT2D eigenvalue weighted by molar-refractivity contribution is 6.97. The maximum atomic E-state index is 2.63. The number of rotatable bonds is 0. The molecule has 0 nitrogen and oxygen atoms in total. The lowest BCUT2D eigenvalue weighted by molar-refractivity contribution is 1.35. The van der Waals surface area contributed by atoms with E-state index in [9.17, 15) is 0 Å². The van der Waals surface area contributed by atoms with Gasteiger partial charge in [-0.25, -0.2) is 0 Å². The van der Waals surface area contributed by atoms with Gasteiger partial charge in [-0.3, -0.25) is 0 Å². The Bertz CT molecular complexity index is 1640. The Kier molecular flexibility index (Phi) is 13.2. The molecule has 0 unspecified atom stereocenters. The SMILES string of the molecule is CC1=C[Si](C)(C)c2ccc(cc2)[Si](C)(C)/C=C(/C)C(C)=C[Si](C)(C)c2ccc(cc2)[Si](C)(C)/C=C(/C)C(C)=C[Si](C)(C)c2ccc(cc2)[Si](C)(C)/C=C\1C. The summed E-state index contributed by atoms with van der Waals surface area (Å²) in [4.78, 5) is 0. The maximum Gasteiger partial charge on any atom is 0.104 e. The van der Waals surface area contributed by atoms with Crippen molar-refractivity contribution in [2.24, 2.45) is 0 Å². The molecule has 4 aliphatic heterocycles. The minimum absolute atomic E-state index is 1.44. The fraction of sp³-hybridized carbons (Fsp3) is 0.375. The molecule has 0 aliphatic carbocycles. The van der Waals surface area contributed by atoms with Gasteiger partial charge in [0.25, 0.3) is 0 Å². The van der Waals surface area contributed by atoms with Gasteiger partial charge < -0.3 is 0 Å². The molecule has 0 fully saturated rings. The molecule has 3 aromatic rings. The van der Waals surface area contributed by atoms with Gasteiger partial charge >= 0.3 is 0 Å². The van der Waals surface area contributed by atoms with E-state index in [-0.39, 0.29) is 0 Å². The Labute approximate surface area is 338 Å². The fourth-order valence-electron chi connectivity index (χ4n) is 8.42. The summed E-state index contributed by atoms with van der Waals surface area (Å²) in [7, 11) is -10.8. The van der Waals surface area contributed by atoms with Crippen LogP contribution < -0.4 is 31.1 Å². The van der Waals surface area contributed by atoms with Crippen LogP contribution in [-0.2, 0) is 0 Å². The van der Waals surface area contributed by atoms with E-state index in [0.29, 0.717) is 0 Å². The Morgan fingerprint density at radius 1 is 0.204 bits per heavy atom. The first-order valence-corrected chi connectivity index (χ1v) is 38.6. The number of hydrogen-bond acceptors (Lipinski definition) is 0. The molecule has 0 amide bonds. The zero-order chi connectivity index (χ0) is 40.7. The summed E-state index contributed by atoms with van der Waals surface area (Å²) >= 11 is 0. The molecule has 6 heteroatoms. The molecule has 54 heavy (non-hydrogen) atoms. The van der Waals surface area contributed by atoms with Crippen LogP contribution in [0.15, 0.2) is 140 Å². The van der Waals surface area contributed by atoms with Crippen LogP contribution in [0.5, 0.6) is 0 Å². The van der Waals surface area contributed by atoms with E-state index in [1.54, 1.807) is 0 Å². The van der Waals surface area contributed by atoms with Crippen LogP contribution >= 0.6 is 0 Å². The molecular formula is C48H72Si6. The van der Waals surface area contributed by atoms with E-state index in [1.165, 1.54) is 64.6 Å². The van der Waals surface area contributed by atoms with E-state index >= 15 is 0 Å². The molecule has 0 atom stereocenters. The minimum Gasteiger partial charge on any atom is -0.0871 e. The van der Waals surface area contributed by atoms with Gasteiger partial charge in [0.05, 0.1) is 0 Å². The third-order valence-corrected chi connectivity index (χ3v) is 30.3. The van der Waals surface area contributed by atoms with E-state index in [4.69, 9.17) is 0 Å². The topological polar surface area (TPSA) is 0 Å². The van der Waals surface area contributed by atoms with Crippen LogP contribution in [0.3, 0.4) is 0 Å². The summed E-state index contributed by atoms with van der Waals surface area (Å²) in [6, 6.07) is 29.4. The van der Waals surface area contributed by atoms with Crippen molar-refractivity contribution in [1.82, 2.24) is 0 Å². The van der Waals surface area contributed by atoms with Crippen LogP contribution in [0.4, 0.5) is 0 Å². The van der Waals surface area contributed by atoms with Crippen LogP contribution in [0.1, 0.15) is 41.5 Å². The molecule has 4 aliphatic rings. The molecule has 0 saturated carbocycles. The van der Waals surface area contributed by atoms with Crippen molar-refractivity contribution in [2.45, 2.75) is 120 Å². The first kappa shape index (κ1) is 44.1. The standard InChI is InChI=1S/C48H72Si6/c1-37-31-49(7,8)43-19-21-45(22-20-43)51(11,12)33-39(3)41(5)35-53(15,16)47-27-29-48(30-28-47)54(17,18)36-42(6)40(4)34-52(13,14)46-25-23-44(24-26-46)50(9,10)32-38(37)2/h19-36H,1-18H3/b37-31-,38-32?,39-33?,40-34-,41-35-,42-36?. The summed E-state index contributed by atoms with van der Waals surface area (Å²) in [5.74, 6) is 0. The molecule has 0 aromatic heterocycles. The van der Waals surface area contributed by atoms with Crippen LogP contribution in [-0.4, -0.2) is 48.4 Å².